The molecular weight excluding hydrogens is 364 g/mol. The van der Waals surface area contributed by atoms with Crippen molar-refractivity contribution in [2.45, 2.75) is 33.6 Å². The van der Waals surface area contributed by atoms with E-state index < -0.39 is 0 Å². The Morgan fingerprint density at radius 1 is 1.03 bits per heavy atom. The number of unbranched alkanes of at least 4 members (excludes halogenated alkanes) is 1. The highest BCUT2D eigenvalue weighted by Gasteiger charge is 2.24. The normalized spacial score (nSPS) is 14.1. The SMILES string of the molecule is CCCCOc1ccc(C(=O)N2CCN(c3cccc(C)c3C)CC2)cc1OC. The largest absolute Gasteiger partial charge is 0.493 e. The first-order chi connectivity index (χ1) is 14.0. The molecule has 0 aromatic heterocycles. The molecule has 1 aliphatic heterocycles. The number of methoxy groups -OCH3 is 1. The minimum Gasteiger partial charge on any atom is -0.493 e. The van der Waals surface area contributed by atoms with Crippen molar-refractivity contribution in [1.82, 2.24) is 4.90 Å². The zero-order valence-corrected chi connectivity index (χ0v) is 18.0. The topological polar surface area (TPSA) is 42.0 Å². The molecule has 29 heavy (non-hydrogen) atoms. The summed E-state index contributed by atoms with van der Waals surface area (Å²) in [6, 6.07) is 11.9. The summed E-state index contributed by atoms with van der Waals surface area (Å²) in [5, 5.41) is 0. The molecule has 0 N–H and O–H groups in total. The monoisotopic (exact) mass is 396 g/mol. The van der Waals surface area contributed by atoms with Gasteiger partial charge in [0.2, 0.25) is 0 Å². The second-order valence-electron chi connectivity index (χ2n) is 7.57. The molecule has 0 saturated carbocycles. The van der Waals surface area contributed by atoms with E-state index in [4.69, 9.17) is 9.47 Å². The first kappa shape index (κ1) is 21.0. The highest BCUT2D eigenvalue weighted by atomic mass is 16.5. The van der Waals surface area contributed by atoms with E-state index in [2.05, 4.69) is 43.9 Å². The van der Waals surface area contributed by atoms with Gasteiger partial charge in [0.15, 0.2) is 11.5 Å². The molecule has 2 aromatic rings. The molecule has 2 aromatic carbocycles. The Morgan fingerprint density at radius 3 is 2.48 bits per heavy atom. The Balaban J connectivity index is 1.65. The highest BCUT2D eigenvalue weighted by Crippen LogP contribution is 2.29. The molecule has 5 heteroatoms. The first-order valence-corrected chi connectivity index (χ1v) is 10.5. The van der Waals surface area contributed by atoms with Gasteiger partial charge in [0.1, 0.15) is 0 Å². The second-order valence-corrected chi connectivity index (χ2v) is 7.57. The molecule has 0 bridgehead atoms. The molecular formula is C24H32N2O3. The Kier molecular flexibility index (Phi) is 7.02. The molecule has 0 unspecified atom stereocenters. The van der Waals surface area contributed by atoms with Gasteiger partial charge in [-0.05, 0) is 55.7 Å². The number of amides is 1. The summed E-state index contributed by atoms with van der Waals surface area (Å²) in [6.45, 7) is 10.2. The molecule has 0 atom stereocenters. The third kappa shape index (κ3) is 4.84. The molecule has 1 heterocycles. The molecule has 1 saturated heterocycles. The summed E-state index contributed by atoms with van der Waals surface area (Å²) in [5.41, 5.74) is 4.53. The Hall–Kier alpha value is -2.69. The molecule has 156 valence electrons. The van der Waals surface area contributed by atoms with E-state index in [1.165, 1.54) is 16.8 Å². The van der Waals surface area contributed by atoms with Crippen LogP contribution in [0.15, 0.2) is 36.4 Å². The van der Waals surface area contributed by atoms with Crippen molar-refractivity contribution in [3.63, 3.8) is 0 Å². The van der Waals surface area contributed by atoms with Gasteiger partial charge in [-0.3, -0.25) is 4.79 Å². The number of nitrogens with zero attached hydrogens (tertiary/aromatic N) is 2. The van der Waals surface area contributed by atoms with Crippen LogP contribution < -0.4 is 14.4 Å². The van der Waals surface area contributed by atoms with E-state index in [-0.39, 0.29) is 5.91 Å². The fourth-order valence-corrected chi connectivity index (χ4v) is 3.66. The Labute approximate surface area is 174 Å². The summed E-state index contributed by atoms with van der Waals surface area (Å²) in [5.74, 6) is 1.35. The number of ether oxygens (including phenoxy) is 2. The van der Waals surface area contributed by atoms with Gasteiger partial charge in [-0.2, -0.15) is 0 Å². The van der Waals surface area contributed by atoms with Crippen molar-refractivity contribution in [2.75, 3.05) is 44.8 Å². The maximum atomic E-state index is 13.0. The van der Waals surface area contributed by atoms with Crippen LogP contribution in [0.1, 0.15) is 41.3 Å². The minimum atomic E-state index is 0.0454. The van der Waals surface area contributed by atoms with Crippen LogP contribution in [0.25, 0.3) is 0 Å². The summed E-state index contributed by atoms with van der Waals surface area (Å²) in [4.78, 5) is 17.3. The molecule has 5 nitrogen and oxygen atoms in total. The number of carbonyl (C=O) groups is 1. The van der Waals surface area contributed by atoms with Crippen molar-refractivity contribution < 1.29 is 14.3 Å². The van der Waals surface area contributed by atoms with Crippen molar-refractivity contribution >= 4 is 11.6 Å². The summed E-state index contributed by atoms with van der Waals surface area (Å²) in [6.07, 6.45) is 2.07. The van der Waals surface area contributed by atoms with Gasteiger partial charge in [0, 0.05) is 37.4 Å². The van der Waals surface area contributed by atoms with E-state index in [9.17, 15) is 4.79 Å². The van der Waals surface area contributed by atoms with Gasteiger partial charge < -0.3 is 19.3 Å². The van der Waals surface area contributed by atoms with Crippen LogP contribution in [-0.4, -0.2) is 50.7 Å². The molecule has 1 fully saturated rings. The zero-order chi connectivity index (χ0) is 20.8. The van der Waals surface area contributed by atoms with Crippen LogP contribution in [0.4, 0.5) is 5.69 Å². The van der Waals surface area contributed by atoms with Gasteiger partial charge in [-0.15, -0.1) is 0 Å². The van der Waals surface area contributed by atoms with Gasteiger partial charge in [-0.25, -0.2) is 0 Å². The predicted octanol–water partition coefficient (Wildman–Crippen LogP) is 4.45. The molecule has 0 radical (unpaired) electrons. The number of hydrogen-bond acceptors (Lipinski definition) is 4. The summed E-state index contributed by atoms with van der Waals surface area (Å²) in [7, 11) is 1.61. The van der Waals surface area contributed by atoms with E-state index in [1.54, 1.807) is 13.2 Å². The number of anilines is 1. The number of piperazine rings is 1. The number of aryl methyl sites for hydroxylation is 1. The predicted molar refractivity (Wildman–Crippen MR) is 117 cm³/mol. The fraction of sp³-hybridized carbons (Fsp3) is 0.458. The molecule has 1 aliphatic rings. The number of benzene rings is 2. The van der Waals surface area contributed by atoms with Crippen LogP contribution in [0.5, 0.6) is 11.5 Å². The summed E-state index contributed by atoms with van der Waals surface area (Å²) < 4.78 is 11.2. The van der Waals surface area contributed by atoms with Crippen LogP contribution in [0.3, 0.4) is 0 Å². The summed E-state index contributed by atoms with van der Waals surface area (Å²) >= 11 is 0. The maximum Gasteiger partial charge on any atom is 0.254 e. The van der Waals surface area contributed by atoms with Crippen molar-refractivity contribution in [3.8, 4) is 11.5 Å². The maximum absolute atomic E-state index is 13.0. The van der Waals surface area contributed by atoms with Gasteiger partial charge in [-0.1, -0.05) is 25.5 Å². The average molecular weight is 397 g/mol. The first-order valence-electron chi connectivity index (χ1n) is 10.5. The second kappa shape index (κ2) is 9.68. The van der Waals surface area contributed by atoms with E-state index in [0.717, 1.165) is 25.9 Å². The third-order valence-electron chi connectivity index (χ3n) is 5.65. The lowest BCUT2D eigenvalue weighted by Crippen LogP contribution is -2.49. The van der Waals surface area contributed by atoms with Crippen LogP contribution >= 0.6 is 0 Å². The fourth-order valence-electron chi connectivity index (χ4n) is 3.66. The number of rotatable bonds is 7. The van der Waals surface area contributed by atoms with Crippen LogP contribution in [-0.2, 0) is 0 Å². The Bertz CT molecular complexity index is 842. The van der Waals surface area contributed by atoms with E-state index in [0.29, 0.717) is 36.8 Å². The molecule has 0 spiro atoms. The Morgan fingerprint density at radius 2 is 1.79 bits per heavy atom. The van der Waals surface area contributed by atoms with Gasteiger partial charge in [0.25, 0.3) is 5.91 Å². The van der Waals surface area contributed by atoms with Crippen molar-refractivity contribution in [3.05, 3.63) is 53.1 Å². The smallest absolute Gasteiger partial charge is 0.254 e. The van der Waals surface area contributed by atoms with Crippen LogP contribution in [0.2, 0.25) is 0 Å². The van der Waals surface area contributed by atoms with Crippen molar-refractivity contribution in [2.24, 2.45) is 0 Å². The quantitative estimate of drug-likeness (QED) is 0.649. The van der Waals surface area contributed by atoms with Gasteiger partial charge >= 0.3 is 0 Å². The number of hydrogen-bond donors (Lipinski definition) is 0. The molecule has 0 aliphatic carbocycles. The highest BCUT2D eigenvalue weighted by molar-refractivity contribution is 5.95. The molecule has 1 amide bonds. The average Bonchev–Trinajstić information content (AvgIpc) is 2.75. The van der Waals surface area contributed by atoms with E-state index >= 15 is 0 Å². The van der Waals surface area contributed by atoms with Crippen molar-refractivity contribution in [1.29, 1.82) is 0 Å². The molecule has 3 rings (SSSR count). The van der Waals surface area contributed by atoms with Gasteiger partial charge in [0.05, 0.1) is 13.7 Å². The standard InChI is InChI=1S/C24H32N2O3/c1-5-6-16-29-22-11-10-20(17-23(22)28-4)24(27)26-14-12-25(13-15-26)21-9-7-8-18(2)19(21)3/h7-11,17H,5-6,12-16H2,1-4H3. The minimum absolute atomic E-state index is 0.0454. The lowest BCUT2D eigenvalue weighted by molar-refractivity contribution is 0.0746. The number of carbonyl (C=O) groups excluding carboxylic acids is 1. The van der Waals surface area contributed by atoms with Crippen LogP contribution in [0, 0.1) is 13.8 Å². The lowest BCUT2D eigenvalue weighted by Gasteiger charge is -2.37. The zero-order valence-electron chi connectivity index (χ0n) is 18.0. The lowest BCUT2D eigenvalue weighted by atomic mass is 10.1. The third-order valence-corrected chi connectivity index (χ3v) is 5.65. The van der Waals surface area contributed by atoms with E-state index in [1.807, 2.05) is 17.0 Å².